The van der Waals surface area contributed by atoms with Gasteiger partial charge in [0, 0.05) is 25.2 Å². The van der Waals surface area contributed by atoms with Gasteiger partial charge in [0.05, 0.1) is 10.5 Å². The lowest BCUT2D eigenvalue weighted by Crippen LogP contribution is -2.52. The van der Waals surface area contributed by atoms with Crippen LogP contribution in [0.4, 0.5) is 5.69 Å². The first-order valence-corrected chi connectivity index (χ1v) is 6.51. The molecule has 1 fully saturated rings. The highest BCUT2D eigenvalue weighted by Crippen LogP contribution is 2.20. The van der Waals surface area contributed by atoms with Crippen molar-refractivity contribution in [2.24, 2.45) is 0 Å². The minimum absolute atomic E-state index is 0.00549. The van der Waals surface area contributed by atoms with Crippen molar-refractivity contribution in [2.45, 2.75) is 32.5 Å². The van der Waals surface area contributed by atoms with Crippen molar-refractivity contribution >= 4 is 5.69 Å². The van der Waals surface area contributed by atoms with Gasteiger partial charge in [0.25, 0.3) is 5.69 Å². The molecule has 0 amide bonds. The average Bonchev–Trinajstić information content (AvgIpc) is 2.35. The lowest BCUT2D eigenvalue weighted by atomic mass is 10.1. The number of nitro groups is 1. The van der Waals surface area contributed by atoms with Crippen LogP contribution in [0.1, 0.15) is 19.5 Å². The van der Waals surface area contributed by atoms with E-state index in [0.29, 0.717) is 18.2 Å². The molecule has 2 rings (SSSR count). The molecule has 0 aromatic carbocycles. The van der Waals surface area contributed by atoms with Crippen molar-refractivity contribution in [1.82, 2.24) is 10.3 Å². The summed E-state index contributed by atoms with van der Waals surface area (Å²) in [5.41, 5.74) is 0.120. The first-order valence-electron chi connectivity index (χ1n) is 6.51. The van der Waals surface area contributed by atoms with E-state index in [2.05, 4.69) is 10.3 Å². The first-order chi connectivity index (χ1) is 9.37. The van der Waals surface area contributed by atoms with Crippen LogP contribution in [0.15, 0.2) is 12.1 Å². The van der Waals surface area contributed by atoms with Gasteiger partial charge in [0.15, 0.2) is 0 Å². The smallest absolute Gasteiger partial charge is 0.290 e. The van der Waals surface area contributed by atoms with E-state index >= 15 is 0 Å². The summed E-state index contributed by atoms with van der Waals surface area (Å²) in [7, 11) is 0. The van der Waals surface area contributed by atoms with Crippen molar-refractivity contribution in [1.29, 1.82) is 0 Å². The van der Waals surface area contributed by atoms with Crippen molar-refractivity contribution in [3.8, 4) is 5.88 Å². The second-order valence-electron chi connectivity index (χ2n) is 5.45. The standard InChI is InChI=1S/C13H19N3O4/c1-9-11(16(17)18)4-5-12(15-9)19-7-10-6-14-8-13(2,3)20-10/h4-5,10,14H,6-8H2,1-3H3. The fourth-order valence-electron chi connectivity index (χ4n) is 2.14. The first kappa shape index (κ1) is 14.7. The summed E-state index contributed by atoms with van der Waals surface area (Å²) in [6, 6.07) is 2.91. The zero-order valence-corrected chi connectivity index (χ0v) is 11.9. The molecule has 1 aromatic rings. The van der Waals surface area contributed by atoms with Crippen molar-refractivity contribution in [2.75, 3.05) is 19.7 Å². The minimum Gasteiger partial charge on any atom is -0.475 e. The molecule has 1 saturated heterocycles. The summed E-state index contributed by atoms with van der Waals surface area (Å²) in [5.74, 6) is 0.375. The molecule has 1 aromatic heterocycles. The molecule has 1 aliphatic heterocycles. The molecule has 7 nitrogen and oxygen atoms in total. The molecule has 7 heteroatoms. The maximum atomic E-state index is 10.7. The van der Waals surface area contributed by atoms with Gasteiger partial charge in [0.2, 0.25) is 5.88 Å². The molecule has 0 radical (unpaired) electrons. The fourth-order valence-corrected chi connectivity index (χ4v) is 2.14. The molecule has 1 unspecified atom stereocenters. The number of hydrogen-bond donors (Lipinski definition) is 1. The molecule has 1 atom stereocenters. The molecule has 20 heavy (non-hydrogen) atoms. The molecule has 110 valence electrons. The predicted octanol–water partition coefficient (Wildman–Crippen LogP) is 1.44. The highest BCUT2D eigenvalue weighted by molar-refractivity contribution is 5.36. The average molecular weight is 281 g/mol. The van der Waals surface area contributed by atoms with Gasteiger partial charge in [0.1, 0.15) is 18.4 Å². The second kappa shape index (κ2) is 5.72. The van der Waals surface area contributed by atoms with E-state index in [9.17, 15) is 10.1 Å². The van der Waals surface area contributed by atoms with E-state index in [4.69, 9.17) is 9.47 Å². The summed E-state index contributed by atoms with van der Waals surface area (Å²) in [6.45, 7) is 7.50. The van der Waals surface area contributed by atoms with Crippen LogP contribution in [0.25, 0.3) is 0 Å². The maximum Gasteiger partial charge on any atom is 0.290 e. The Kier molecular flexibility index (Phi) is 4.20. The Balaban J connectivity index is 1.94. The Labute approximate surface area is 117 Å². The third kappa shape index (κ3) is 3.64. The number of aromatic nitrogens is 1. The Morgan fingerprint density at radius 3 is 2.95 bits per heavy atom. The number of pyridine rings is 1. The highest BCUT2D eigenvalue weighted by Gasteiger charge is 2.28. The monoisotopic (exact) mass is 281 g/mol. The van der Waals surface area contributed by atoms with Gasteiger partial charge in [-0.1, -0.05) is 0 Å². The molecule has 2 heterocycles. The molecular weight excluding hydrogens is 262 g/mol. The normalized spacial score (nSPS) is 21.4. The van der Waals surface area contributed by atoms with Crippen LogP contribution >= 0.6 is 0 Å². The topological polar surface area (TPSA) is 86.5 Å². The summed E-state index contributed by atoms with van der Waals surface area (Å²) >= 11 is 0. The molecule has 0 aliphatic carbocycles. The highest BCUT2D eigenvalue weighted by atomic mass is 16.6. The van der Waals surface area contributed by atoms with Crippen molar-refractivity contribution < 1.29 is 14.4 Å². The molecule has 0 spiro atoms. The minimum atomic E-state index is -0.456. The second-order valence-corrected chi connectivity index (χ2v) is 5.45. The molecule has 1 N–H and O–H groups in total. The van der Waals surface area contributed by atoms with Gasteiger partial charge in [-0.3, -0.25) is 10.1 Å². The van der Waals surface area contributed by atoms with Crippen LogP contribution in [0, 0.1) is 17.0 Å². The van der Waals surface area contributed by atoms with E-state index in [1.165, 1.54) is 12.1 Å². The molecule has 0 bridgehead atoms. The quantitative estimate of drug-likeness (QED) is 0.664. The Morgan fingerprint density at radius 1 is 1.60 bits per heavy atom. The lowest BCUT2D eigenvalue weighted by molar-refractivity contribution is -0.385. The predicted molar refractivity (Wildman–Crippen MR) is 72.9 cm³/mol. The number of ether oxygens (including phenoxy) is 2. The van der Waals surface area contributed by atoms with Crippen LogP contribution in [0.3, 0.4) is 0 Å². The van der Waals surface area contributed by atoms with Gasteiger partial charge < -0.3 is 14.8 Å². The van der Waals surface area contributed by atoms with Crippen LogP contribution in [0.2, 0.25) is 0 Å². The Bertz CT molecular complexity index is 504. The number of nitrogens with one attached hydrogen (secondary N) is 1. The summed E-state index contributed by atoms with van der Waals surface area (Å²) < 4.78 is 11.4. The number of rotatable bonds is 4. The number of hydrogen-bond acceptors (Lipinski definition) is 6. The molecule has 0 saturated carbocycles. The summed E-state index contributed by atoms with van der Waals surface area (Å²) in [6.07, 6.45) is -0.0592. The van der Waals surface area contributed by atoms with Crippen LogP contribution < -0.4 is 10.1 Å². The van der Waals surface area contributed by atoms with E-state index in [1.54, 1.807) is 6.92 Å². The summed E-state index contributed by atoms with van der Waals surface area (Å²) in [4.78, 5) is 14.3. The zero-order valence-electron chi connectivity index (χ0n) is 11.9. The molecular formula is C13H19N3O4. The summed E-state index contributed by atoms with van der Waals surface area (Å²) in [5, 5.41) is 14.0. The van der Waals surface area contributed by atoms with E-state index < -0.39 is 4.92 Å². The van der Waals surface area contributed by atoms with Crippen molar-refractivity contribution in [3.05, 3.63) is 27.9 Å². The van der Waals surface area contributed by atoms with Gasteiger partial charge in [-0.25, -0.2) is 4.98 Å². The van der Waals surface area contributed by atoms with Crippen LogP contribution in [-0.2, 0) is 4.74 Å². The van der Waals surface area contributed by atoms with Gasteiger partial charge in [-0.2, -0.15) is 0 Å². The maximum absolute atomic E-state index is 10.7. The third-order valence-electron chi connectivity index (χ3n) is 3.05. The van der Waals surface area contributed by atoms with Crippen LogP contribution in [0.5, 0.6) is 5.88 Å². The van der Waals surface area contributed by atoms with Gasteiger partial charge in [-0.15, -0.1) is 0 Å². The van der Waals surface area contributed by atoms with E-state index in [1.807, 2.05) is 13.8 Å². The zero-order chi connectivity index (χ0) is 14.8. The van der Waals surface area contributed by atoms with Crippen molar-refractivity contribution in [3.63, 3.8) is 0 Å². The number of nitrogens with zero attached hydrogens (tertiary/aromatic N) is 2. The SMILES string of the molecule is Cc1nc(OCC2CNCC(C)(C)O2)ccc1[N+](=O)[O-]. The Morgan fingerprint density at radius 2 is 2.35 bits per heavy atom. The lowest BCUT2D eigenvalue weighted by Gasteiger charge is -2.36. The molecule has 1 aliphatic rings. The van der Waals surface area contributed by atoms with Gasteiger partial charge in [-0.05, 0) is 20.8 Å². The Hall–Kier alpha value is -1.73. The van der Waals surface area contributed by atoms with Crippen LogP contribution in [-0.4, -0.2) is 41.3 Å². The van der Waals surface area contributed by atoms with E-state index in [-0.39, 0.29) is 17.4 Å². The van der Waals surface area contributed by atoms with Gasteiger partial charge >= 0.3 is 0 Å². The fraction of sp³-hybridized carbons (Fsp3) is 0.615. The number of aryl methyl sites for hydroxylation is 1. The number of morpholine rings is 1. The largest absolute Gasteiger partial charge is 0.475 e. The third-order valence-corrected chi connectivity index (χ3v) is 3.05. The van der Waals surface area contributed by atoms with E-state index in [0.717, 1.165) is 13.1 Å².